The molecule has 20 heavy (non-hydrogen) atoms. The van der Waals surface area contributed by atoms with E-state index in [-0.39, 0.29) is 0 Å². The second-order valence-corrected chi connectivity index (χ2v) is 6.11. The molecule has 1 saturated carbocycles. The number of anilines is 2. The zero-order chi connectivity index (χ0) is 14.7. The van der Waals surface area contributed by atoms with Crippen molar-refractivity contribution in [1.29, 1.82) is 0 Å². The SMILES string of the molecule is CC(C)C1CCCCC1Nc1ccc(N)cc1C(N)=O. The van der Waals surface area contributed by atoms with Gasteiger partial charge in [0.25, 0.3) is 5.91 Å². The third kappa shape index (κ3) is 3.24. The Hall–Kier alpha value is -1.71. The number of benzene rings is 1. The van der Waals surface area contributed by atoms with E-state index in [1.165, 1.54) is 19.3 Å². The molecule has 110 valence electrons. The van der Waals surface area contributed by atoms with E-state index in [2.05, 4.69) is 19.2 Å². The van der Waals surface area contributed by atoms with Gasteiger partial charge in [0.15, 0.2) is 0 Å². The predicted molar refractivity (Wildman–Crippen MR) is 83.6 cm³/mol. The molecule has 0 heterocycles. The maximum atomic E-state index is 11.6. The molecule has 0 bridgehead atoms. The van der Waals surface area contributed by atoms with Crippen molar-refractivity contribution in [2.24, 2.45) is 17.6 Å². The monoisotopic (exact) mass is 275 g/mol. The summed E-state index contributed by atoms with van der Waals surface area (Å²) in [7, 11) is 0. The van der Waals surface area contributed by atoms with E-state index in [4.69, 9.17) is 11.5 Å². The van der Waals surface area contributed by atoms with E-state index in [0.29, 0.717) is 29.1 Å². The molecule has 0 aliphatic heterocycles. The number of nitrogens with two attached hydrogens (primary N) is 2. The largest absolute Gasteiger partial charge is 0.399 e. The average molecular weight is 275 g/mol. The van der Waals surface area contributed by atoms with E-state index in [1.54, 1.807) is 6.07 Å². The van der Waals surface area contributed by atoms with Crippen molar-refractivity contribution >= 4 is 17.3 Å². The number of hydrogen-bond acceptors (Lipinski definition) is 3. The molecule has 4 heteroatoms. The Balaban J connectivity index is 2.22. The van der Waals surface area contributed by atoms with Crippen molar-refractivity contribution in [2.75, 3.05) is 11.1 Å². The zero-order valence-corrected chi connectivity index (χ0v) is 12.4. The molecule has 5 N–H and O–H groups in total. The van der Waals surface area contributed by atoms with Crippen LogP contribution in [0.1, 0.15) is 49.9 Å². The van der Waals surface area contributed by atoms with Crippen LogP contribution in [0, 0.1) is 11.8 Å². The van der Waals surface area contributed by atoms with Crippen molar-refractivity contribution < 1.29 is 4.79 Å². The third-order valence-corrected chi connectivity index (χ3v) is 4.33. The van der Waals surface area contributed by atoms with Gasteiger partial charge in [-0.25, -0.2) is 0 Å². The first kappa shape index (κ1) is 14.7. The van der Waals surface area contributed by atoms with Gasteiger partial charge in [-0.15, -0.1) is 0 Å². The van der Waals surface area contributed by atoms with E-state index in [1.807, 2.05) is 12.1 Å². The Morgan fingerprint density at radius 3 is 2.65 bits per heavy atom. The Kier molecular flexibility index (Phi) is 4.53. The van der Waals surface area contributed by atoms with E-state index in [0.717, 1.165) is 12.1 Å². The lowest BCUT2D eigenvalue weighted by Gasteiger charge is -2.36. The molecule has 0 spiro atoms. The summed E-state index contributed by atoms with van der Waals surface area (Å²) < 4.78 is 0. The molecule has 1 amide bonds. The molecular weight excluding hydrogens is 250 g/mol. The van der Waals surface area contributed by atoms with Crippen LogP contribution in [-0.4, -0.2) is 11.9 Å². The highest BCUT2D eigenvalue weighted by Crippen LogP contribution is 2.33. The van der Waals surface area contributed by atoms with Crippen LogP contribution in [-0.2, 0) is 0 Å². The summed E-state index contributed by atoms with van der Waals surface area (Å²) in [6.07, 6.45) is 4.93. The van der Waals surface area contributed by atoms with Crippen LogP contribution in [0.25, 0.3) is 0 Å². The standard InChI is InChI=1S/C16H25N3O/c1-10(2)12-5-3-4-6-14(12)19-15-8-7-11(17)9-13(15)16(18)20/h7-10,12,14,19H,3-6,17H2,1-2H3,(H2,18,20). The van der Waals surface area contributed by atoms with Crippen LogP contribution in [0.4, 0.5) is 11.4 Å². The molecule has 4 nitrogen and oxygen atoms in total. The minimum absolute atomic E-state index is 0.408. The average Bonchev–Trinajstić information content (AvgIpc) is 2.41. The molecular formula is C16H25N3O. The first-order valence-corrected chi connectivity index (χ1v) is 7.45. The Morgan fingerprint density at radius 2 is 2.00 bits per heavy atom. The molecule has 0 saturated heterocycles. The topological polar surface area (TPSA) is 81.1 Å². The van der Waals surface area contributed by atoms with E-state index in [9.17, 15) is 4.79 Å². The number of hydrogen-bond donors (Lipinski definition) is 3. The summed E-state index contributed by atoms with van der Waals surface area (Å²) in [5, 5.41) is 3.53. The van der Waals surface area contributed by atoms with Gasteiger partial charge < -0.3 is 16.8 Å². The smallest absolute Gasteiger partial charge is 0.250 e. The summed E-state index contributed by atoms with van der Waals surface area (Å²) in [4.78, 5) is 11.6. The quantitative estimate of drug-likeness (QED) is 0.739. The summed E-state index contributed by atoms with van der Waals surface area (Å²) in [6, 6.07) is 5.73. The lowest BCUT2D eigenvalue weighted by molar-refractivity contribution is 0.100. The second-order valence-electron chi connectivity index (χ2n) is 6.11. The second kappa shape index (κ2) is 6.16. The Morgan fingerprint density at radius 1 is 1.30 bits per heavy atom. The third-order valence-electron chi connectivity index (χ3n) is 4.33. The minimum atomic E-state index is -0.434. The summed E-state index contributed by atoms with van der Waals surface area (Å²) in [5.41, 5.74) is 13.0. The van der Waals surface area contributed by atoms with Gasteiger partial charge >= 0.3 is 0 Å². The van der Waals surface area contributed by atoms with Crippen molar-refractivity contribution in [1.82, 2.24) is 0 Å². The van der Waals surface area contributed by atoms with Crippen molar-refractivity contribution in [3.05, 3.63) is 23.8 Å². The van der Waals surface area contributed by atoms with Crippen molar-refractivity contribution in [3.63, 3.8) is 0 Å². The van der Waals surface area contributed by atoms with Gasteiger partial charge in [-0.2, -0.15) is 0 Å². The van der Waals surface area contributed by atoms with Gasteiger partial charge in [-0.1, -0.05) is 26.7 Å². The van der Waals surface area contributed by atoms with Gasteiger partial charge in [0.05, 0.1) is 5.56 Å². The summed E-state index contributed by atoms with van der Waals surface area (Å²) in [6.45, 7) is 4.53. The fourth-order valence-electron chi connectivity index (χ4n) is 3.23. The number of nitrogen functional groups attached to an aromatic ring is 1. The number of rotatable bonds is 4. The molecule has 1 aromatic rings. The summed E-state index contributed by atoms with van der Waals surface area (Å²) >= 11 is 0. The predicted octanol–water partition coefficient (Wildman–Crippen LogP) is 2.99. The van der Waals surface area contributed by atoms with Crippen molar-refractivity contribution in [3.8, 4) is 0 Å². The number of primary amides is 1. The fraction of sp³-hybridized carbons (Fsp3) is 0.562. The van der Waals surface area contributed by atoms with E-state index < -0.39 is 5.91 Å². The van der Waals surface area contributed by atoms with Crippen LogP contribution < -0.4 is 16.8 Å². The summed E-state index contributed by atoms with van der Waals surface area (Å²) in [5.74, 6) is 0.845. The molecule has 1 aliphatic carbocycles. The first-order valence-electron chi connectivity index (χ1n) is 7.45. The lowest BCUT2D eigenvalue weighted by atomic mass is 9.77. The van der Waals surface area contributed by atoms with Crippen molar-refractivity contribution in [2.45, 2.75) is 45.6 Å². The van der Waals surface area contributed by atoms with Gasteiger partial charge in [-0.3, -0.25) is 4.79 Å². The number of nitrogens with one attached hydrogen (secondary N) is 1. The Bertz CT molecular complexity index is 485. The molecule has 1 fully saturated rings. The van der Waals surface area contributed by atoms with Gasteiger partial charge in [0.2, 0.25) is 0 Å². The highest BCUT2D eigenvalue weighted by Gasteiger charge is 2.28. The number of amides is 1. The van der Waals surface area contributed by atoms with Crippen LogP contribution >= 0.6 is 0 Å². The van der Waals surface area contributed by atoms with Crippen LogP contribution in [0.2, 0.25) is 0 Å². The minimum Gasteiger partial charge on any atom is -0.399 e. The first-order chi connectivity index (χ1) is 9.49. The lowest BCUT2D eigenvalue weighted by Crippen LogP contribution is -2.35. The van der Waals surface area contributed by atoms with Gasteiger partial charge in [-0.05, 0) is 42.9 Å². The van der Waals surface area contributed by atoms with Crippen LogP contribution in [0.15, 0.2) is 18.2 Å². The molecule has 1 aliphatic rings. The van der Waals surface area contributed by atoms with Gasteiger partial charge in [0, 0.05) is 17.4 Å². The number of carbonyl (C=O) groups excluding carboxylic acids is 1. The highest BCUT2D eigenvalue weighted by atomic mass is 16.1. The van der Waals surface area contributed by atoms with Gasteiger partial charge in [0.1, 0.15) is 0 Å². The Labute approximate surface area is 120 Å². The zero-order valence-electron chi connectivity index (χ0n) is 12.4. The maximum absolute atomic E-state index is 11.6. The molecule has 2 atom stereocenters. The van der Waals surface area contributed by atoms with Crippen LogP contribution in [0.3, 0.4) is 0 Å². The number of carbonyl (C=O) groups is 1. The highest BCUT2D eigenvalue weighted by molar-refractivity contribution is 5.99. The molecule has 0 aromatic heterocycles. The molecule has 2 unspecified atom stereocenters. The maximum Gasteiger partial charge on any atom is 0.250 e. The van der Waals surface area contributed by atoms with E-state index >= 15 is 0 Å². The van der Waals surface area contributed by atoms with Crippen LogP contribution in [0.5, 0.6) is 0 Å². The molecule has 1 aromatic carbocycles. The molecule has 2 rings (SSSR count). The normalized spacial score (nSPS) is 22.8. The molecule has 0 radical (unpaired) electrons. The fourth-order valence-corrected chi connectivity index (χ4v) is 3.23.